The highest BCUT2D eigenvalue weighted by Gasteiger charge is 2.33. The Balaban J connectivity index is 2.30. The van der Waals surface area contributed by atoms with Gasteiger partial charge in [-0.25, -0.2) is 4.98 Å². The van der Waals surface area contributed by atoms with Crippen LogP contribution in [0.3, 0.4) is 0 Å². The summed E-state index contributed by atoms with van der Waals surface area (Å²) in [6, 6.07) is 0.352. The highest BCUT2D eigenvalue weighted by atomic mass is 16.6. The number of rotatable bonds is 6. The zero-order valence-electron chi connectivity index (χ0n) is 14.7. The van der Waals surface area contributed by atoms with Crippen LogP contribution in [0.25, 0.3) is 5.65 Å². The summed E-state index contributed by atoms with van der Waals surface area (Å²) in [4.78, 5) is 20.1. The van der Waals surface area contributed by atoms with E-state index in [1.165, 1.54) is 6.20 Å². The van der Waals surface area contributed by atoms with Crippen molar-refractivity contribution in [2.45, 2.75) is 46.6 Å². The minimum atomic E-state index is -0.406. The van der Waals surface area contributed by atoms with Gasteiger partial charge < -0.3 is 9.80 Å². The molecule has 24 heavy (non-hydrogen) atoms. The number of hydrogen-bond donors (Lipinski definition) is 0. The van der Waals surface area contributed by atoms with E-state index >= 15 is 0 Å². The summed E-state index contributed by atoms with van der Waals surface area (Å²) in [6.07, 6.45) is 3.21. The molecule has 2 aromatic rings. The van der Waals surface area contributed by atoms with Gasteiger partial charge in [-0.1, -0.05) is 6.92 Å². The predicted octanol–water partition coefficient (Wildman–Crippen LogP) is 2.64. The monoisotopic (exact) mass is 332 g/mol. The van der Waals surface area contributed by atoms with E-state index in [4.69, 9.17) is 0 Å². The highest BCUT2D eigenvalue weighted by Crippen LogP contribution is 2.38. The lowest BCUT2D eigenvalue weighted by Gasteiger charge is -2.27. The van der Waals surface area contributed by atoms with Crippen LogP contribution in [0.5, 0.6) is 0 Å². The number of nitrogens with zero attached hydrogens (tertiary/aromatic N) is 6. The fourth-order valence-electron chi connectivity index (χ4n) is 3.41. The average molecular weight is 332 g/mol. The van der Waals surface area contributed by atoms with Crippen molar-refractivity contribution in [3.05, 3.63) is 21.9 Å². The molecular weight excluding hydrogens is 308 g/mol. The molecule has 0 amide bonds. The molecule has 0 N–H and O–H groups in total. The fraction of sp³-hybridized carbons (Fsp3) is 0.625. The standard InChI is InChI=1S/C16H24N6O2/c1-5-11(4)20-9-8-12-14(19(6-2)7-3)18-15-13(22(23)24)10-17-21(15)16(12)20/h10-11H,5-9H2,1-4H3. The first-order valence-corrected chi connectivity index (χ1v) is 8.59. The normalized spacial score (nSPS) is 14.9. The molecule has 0 bridgehead atoms. The van der Waals surface area contributed by atoms with Gasteiger partial charge in [0, 0.05) is 31.2 Å². The van der Waals surface area contributed by atoms with Crippen LogP contribution >= 0.6 is 0 Å². The second-order valence-corrected chi connectivity index (χ2v) is 6.13. The van der Waals surface area contributed by atoms with Crippen LogP contribution in [-0.2, 0) is 6.42 Å². The SMILES string of the molecule is CCC(C)N1CCc2c(N(CC)CC)nc3c([N+](=O)[O-])cnn3c21. The Morgan fingerprint density at radius 2 is 2.08 bits per heavy atom. The summed E-state index contributed by atoms with van der Waals surface area (Å²) in [5, 5.41) is 15.6. The van der Waals surface area contributed by atoms with Crippen molar-refractivity contribution in [3.8, 4) is 0 Å². The Morgan fingerprint density at radius 1 is 1.38 bits per heavy atom. The predicted molar refractivity (Wildman–Crippen MR) is 94.0 cm³/mol. The van der Waals surface area contributed by atoms with Gasteiger partial charge in [0.1, 0.15) is 17.8 Å². The smallest absolute Gasteiger partial charge is 0.333 e. The van der Waals surface area contributed by atoms with Gasteiger partial charge >= 0.3 is 5.69 Å². The van der Waals surface area contributed by atoms with E-state index in [0.29, 0.717) is 11.7 Å². The Kier molecular flexibility index (Phi) is 4.29. The van der Waals surface area contributed by atoms with Gasteiger partial charge in [0.15, 0.2) is 0 Å². The maximum atomic E-state index is 11.4. The molecule has 1 atom stereocenters. The van der Waals surface area contributed by atoms with Crippen LogP contribution in [0, 0.1) is 10.1 Å². The topological polar surface area (TPSA) is 79.8 Å². The van der Waals surface area contributed by atoms with Gasteiger partial charge in [0.25, 0.3) is 0 Å². The van der Waals surface area contributed by atoms with Crippen molar-refractivity contribution in [2.75, 3.05) is 29.4 Å². The molecule has 8 heteroatoms. The number of anilines is 2. The largest absolute Gasteiger partial charge is 0.357 e. The van der Waals surface area contributed by atoms with Gasteiger partial charge in [-0.15, -0.1) is 0 Å². The summed E-state index contributed by atoms with van der Waals surface area (Å²) in [7, 11) is 0. The molecule has 130 valence electrons. The lowest BCUT2D eigenvalue weighted by Crippen LogP contribution is -2.32. The fourth-order valence-corrected chi connectivity index (χ4v) is 3.41. The van der Waals surface area contributed by atoms with Crippen LogP contribution in [0.1, 0.15) is 39.7 Å². The molecule has 0 saturated heterocycles. The number of nitro groups is 1. The van der Waals surface area contributed by atoms with E-state index in [9.17, 15) is 10.1 Å². The van der Waals surface area contributed by atoms with Crippen molar-refractivity contribution in [3.63, 3.8) is 0 Å². The van der Waals surface area contributed by atoms with Crippen molar-refractivity contribution < 1.29 is 4.92 Å². The lowest BCUT2D eigenvalue weighted by atomic mass is 10.2. The molecular formula is C16H24N6O2. The van der Waals surface area contributed by atoms with Crippen molar-refractivity contribution in [2.24, 2.45) is 0 Å². The summed E-state index contributed by atoms with van der Waals surface area (Å²) in [5.41, 5.74) is 1.43. The van der Waals surface area contributed by atoms with Gasteiger partial charge in [-0.3, -0.25) is 10.1 Å². The molecule has 0 spiro atoms. The zero-order chi connectivity index (χ0) is 17.4. The minimum absolute atomic E-state index is 0.0396. The maximum absolute atomic E-state index is 11.4. The first-order valence-electron chi connectivity index (χ1n) is 8.59. The third-order valence-corrected chi connectivity index (χ3v) is 4.93. The lowest BCUT2D eigenvalue weighted by molar-refractivity contribution is -0.383. The molecule has 3 rings (SSSR count). The molecule has 0 aromatic carbocycles. The molecule has 8 nitrogen and oxygen atoms in total. The molecule has 1 aliphatic rings. The van der Waals surface area contributed by atoms with Gasteiger partial charge in [-0.05, 0) is 33.6 Å². The van der Waals surface area contributed by atoms with E-state index in [1.807, 2.05) is 0 Å². The average Bonchev–Trinajstić information content (AvgIpc) is 3.18. The quantitative estimate of drug-likeness (QED) is 0.597. The van der Waals surface area contributed by atoms with Crippen LogP contribution in [-0.4, -0.2) is 45.2 Å². The molecule has 1 aliphatic heterocycles. The van der Waals surface area contributed by atoms with E-state index in [-0.39, 0.29) is 5.69 Å². The van der Waals surface area contributed by atoms with Crippen LogP contribution in [0.15, 0.2) is 6.20 Å². The number of hydrogen-bond acceptors (Lipinski definition) is 6. The molecule has 3 heterocycles. The van der Waals surface area contributed by atoms with E-state index < -0.39 is 4.92 Å². The maximum Gasteiger partial charge on any atom is 0.333 e. The summed E-state index contributed by atoms with van der Waals surface area (Å²) < 4.78 is 1.65. The van der Waals surface area contributed by atoms with Crippen molar-refractivity contribution >= 4 is 23.0 Å². The van der Waals surface area contributed by atoms with Crippen molar-refractivity contribution in [1.82, 2.24) is 14.6 Å². The first kappa shape index (κ1) is 16.5. The summed E-state index contributed by atoms with van der Waals surface area (Å²) in [5.74, 6) is 1.82. The summed E-state index contributed by atoms with van der Waals surface area (Å²) >= 11 is 0. The molecule has 1 unspecified atom stereocenters. The molecule has 0 aliphatic carbocycles. The second-order valence-electron chi connectivity index (χ2n) is 6.13. The Labute approximate surface area is 141 Å². The number of fused-ring (bicyclic) bond motifs is 3. The summed E-state index contributed by atoms with van der Waals surface area (Å²) in [6.45, 7) is 11.0. The van der Waals surface area contributed by atoms with Gasteiger partial charge in [-0.2, -0.15) is 9.61 Å². The van der Waals surface area contributed by atoms with Crippen LogP contribution in [0.2, 0.25) is 0 Å². The van der Waals surface area contributed by atoms with Gasteiger partial charge in [0.05, 0.1) is 4.92 Å². The van der Waals surface area contributed by atoms with Crippen LogP contribution in [0.4, 0.5) is 17.3 Å². The van der Waals surface area contributed by atoms with Crippen molar-refractivity contribution in [1.29, 1.82) is 0 Å². The Morgan fingerprint density at radius 3 is 2.67 bits per heavy atom. The second kappa shape index (κ2) is 6.26. The Bertz CT molecular complexity index is 768. The highest BCUT2D eigenvalue weighted by molar-refractivity contribution is 5.73. The third kappa shape index (κ3) is 2.37. The molecule has 2 aromatic heterocycles. The zero-order valence-corrected chi connectivity index (χ0v) is 14.7. The third-order valence-electron chi connectivity index (χ3n) is 4.93. The van der Waals surface area contributed by atoms with E-state index in [0.717, 1.165) is 49.7 Å². The number of aromatic nitrogens is 3. The molecule has 0 saturated carbocycles. The van der Waals surface area contributed by atoms with E-state index in [2.05, 4.69) is 47.6 Å². The molecule has 0 fully saturated rings. The molecule has 0 radical (unpaired) electrons. The minimum Gasteiger partial charge on any atom is -0.357 e. The van der Waals surface area contributed by atoms with E-state index in [1.54, 1.807) is 4.52 Å². The van der Waals surface area contributed by atoms with Gasteiger partial charge in [0.2, 0.25) is 5.65 Å². The Hall–Kier alpha value is -2.38. The van der Waals surface area contributed by atoms with Crippen LogP contribution < -0.4 is 9.80 Å². The first-order chi connectivity index (χ1) is 11.5.